The second-order valence-corrected chi connectivity index (χ2v) is 3.11. The zero-order valence-electron chi connectivity index (χ0n) is 8.28. The van der Waals surface area contributed by atoms with Crippen molar-refractivity contribution in [2.24, 2.45) is 7.05 Å². The summed E-state index contributed by atoms with van der Waals surface area (Å²) in [6.07, 6.45) is 2.12. The molecule has 5 heteroatoms. The maximum absolute atomic E-state index is 4.04. The predicted octanol–water partition coefficient (Wildman–Crippen LogP) is 0.266. The van der Waals surface area contributed by atoms with Crippen LogP contribution in [0.3, 0.4) is 0 Å². The minimum atomic E-state index is 0.664. The Hall–Kier alpha value is -1.23. The monoisotopic (exact) mass is 181 g/mol. The highest BCUT2D eigenvalue weighted by Crippen LogP contribution is 1.87. The van der Waals surface area contributed by atoms with Crippen molar-refractivity contribution >= 4 is 0 Å². The number of nitrogens with zero attached hydrogens (tertiary/aromatic N) is 4. The molecule has 0 saturated heterocycles. The van der Waals surface area contributed by atoms with Crippen LogP contribution in [0.15, 0.2) is 11.6 Å². The Labute approximate surface area is 77.8 Å². The number of tetrazole rings is 1. The van der Waals surface area contributed by atoms with Crippen LogP contribution in [0, 0.1) is 0 Å². The minimum Gasteiger partial charge on any atom is -0.306 e. The van der Waals surface area contributed by atoms with Crippen LogP contribution in [0.1, 0.15) is 19.7 Å². The van der Waals surface area contributed by atoms with Gasteiger partial charge in [0.05, 0.1) is 13.6 Å². The van der Waals surface area contributed by atoms with Crippen LogP contribution in [0.5, 0.6) is 0 Å². The lowest BCUT2D eigenvalue weighted by molar-refractivity contribution is 0.624. The van der Waals surface area contributed by atoms with Crippen molar-refractivity contribution in [3.05, 3.63) is 17.5 Å². The number of aryl methyl sites for hydroxylation is 1. The van der Waals surface area contributed by atoms with Gasteiger partial charge in [-0.3, -0.25) is 0 Å². The van der Waals surface area contributed by atoms with Gasteiger partial charge < -0.3 is 5.32 Å². The van der Waals surface area contributed by atoms with Gasteiger partial charge in [0.1, 0.15) is 0 Å². The van der Waals surface area contributed by atoms with Gasteiger partial charge in [-0.15, -0.1) is 10.2 Å². The summed E-state index contributed by atoms with van der Waals surface area (Å²) < 4.78 is 0. The van der Waals surface area contributed by atoms with Gasteiger partial charge >= 0.3 is 0 Å². The van der Waals surface area contributed by atoms with E-state index in [9.17, 15) is 0 Å². The van der Waals surface area contributed by atoms with E-state index >= 15 is 0 Å². The first-order valence-corrected chi connectivity index (χ1v) is 4.25. The van der Waals surface area contributed by atoms with E-state index < -0.39 is 0 Å². The molecule has 1 aromatic heterocycles. The summed E-state index contributed by atoms with van der Waals surface area (Å²) in [6, 6.07) is 0. The van der Waals surface area contributed by atoms with Crippen LogP contribution in [0.25, 0.3) is 0 Å². The van der Waals surface area contributed by atoms with E-state index in [0.717, 1.165) is 12.4 Å². The Balaban J connectivity index is 2.24. The molecule has 72 valence electrons. The molecule has 1 N–H and O–H groups in total. The quantitative estimate of drug-likeness (QED) is 0.535. The van der Waals surface area contributed by atoms with Gasteiger partial charge in [-0.25, -0.2) is 0 Å². The molecule has 0 radical (unpaired) electrons. The zero-order valence-corrected chi connectivity index (χ0v) is 8.28. The molecule has 0 aliphatic carbocycles. The maximum Gasteiger partial charge on any atom is 0.188 e. The predicted molar refractivity (Wildman–Crippen MR) is 49.9 cm³/mol. The molecule has 0 atom stereocenters. The summed E-state index contributed by atoms with van der Waals surface area (Å²) >= 11 is 0. The molecule has 0 aliphatic rings. The van der Waals surface area contributed by atoms with E-state index in [4.69, 9.17) is 0 Å². The average Bonchev–Trinajstić information content (AvgIpc) is 2.45. The number of nitrogens with one attached hydrogen (secondary N) is 1. The number of allylic oxidation sites excluding steroid dienone is 1. The SMILES string of the molecule is CC(C)=CCNCc1nnn(C)n1. The Morgan fingerprint density at radius 1 is 1.54 bits per heavy atom. The highest BCUT2D eigenvalue weighted by atomic mass is 15.6. The third-order valence-corrected chi connectivity index (χ3v) is 1.49. The van der Waals surface area contributed by atoms with Crippen LogP contribution in [0.4, 0.5) is 0 Å². The molecule has 0 spiro atoms. The van der Waals surface area contributed by atoms with Crippen LogP contribution >= 0.6 is 0 Å². The highest BCUT2D eigenvalue weighted by Gasteiger charge is 1.96. The summed E-state index contributed by atoms with van der Waals surface area (Å²) in [7, 11) is 1.76. The fourth-order valence-corrected chi connectivity index (χ4v) is 0.854. The Morgan fingerprint density at radius 3 is 2.85 bits per heavy atom. The lowest BCUT2D eigenvalue weighted by Crippen LogP contribution is -2.14. The van der Waals surface area contributed by atoms with Gasteiger partial charge in [-0.05, 0) is 19.1 Å². The summed E-state index contributed by atoms with van der Waals surface area (Å²) in [6.45, 7) is 5.66. The number of hydrogen-bond acceptors (Lipinski definition) is 4. The standard InChI is InChI=1S/C8H15N5/c1-7(2)4-5-9-6-8-10-12-13(3)11-8/h4,9H,5-6H2,1-3H3. The molecule has 5 nitrogen and oxygen atoms in total. The molecule has 0 amide bonds. The fraction of sp³-hybridized carbons (Fsp3) is 0.625. The van der Waals surface area contributed by atoms with Crippen molar-refractivity contribution in [2.45, 2.75) is 20.4 Å². The molecule has 1 aromatic rings. The summed E-state index contributed by atoms with van der Waals surface area (Å²) in [5.74, 6) is 0.727. The molecule has 0 fully saturated rings. The van der Waals surface area contributed by atoms with Crippen molar-refractivity contribution < 1.29 is 0 Å². The van der Waals surface area contributed by atoms with Crippen LogP contribution in [-0.2, 0) is 13.6 Å². The van der Waals surface area contributed by atoms with Crippen molar-refractivity contribution in [3.63, 3.8) is 0 Å². The summed E-state index contributed by atoms with van der Waals surface area (Å²) in [4.78, 5) is 1.46. The Morgan fingerprint density at radius 2 is 2.31 bits per heavy atom. The molecule has 1 rings (SSSR count). The van der Waals surface area contributed by atoms with Gasteiger partial charge in [0.25, 0.3) is 0 Å². The van der Waals surface area contributed by atoms with Gasteiger partial charge in [-0.1, -0.05) is 11.6 Å². The van der Waals surface area contributed by atoms with E-state index in [1.54, 1.807) is 7.05 Å². The number of hydrogen-bond donors (Lipinski definition) is 1. The van der Waals surface area contributed by atoms with Gasteiger partial charge in [0.15, 0.2) is 5.82 Å². The van der Waals surface area contributed by atoms with Crippen LogP contribution in [-0.4, -0.2) is 26.8 Å². The van der Waals surface area contributed by atoms with Crippen LogP contribution in [0.2, 0.25) is 0 Å². The molecule has 0 saturated carbocycles. The largest absolute Gasteiger partial charge is 0.306 e. The first kappa shape index (κ1) is 9.85. The lowest BCUT2D eigenvalue weighted by Gasteiger charge is -1.96. The molecule has 0 aliphatic heterocycles. The first-order chi connectivity index (χ1) is 6.18. The van der Waals surface area contributed by atoms with E-state index in [2.05, 4.69) is 40.7 Å². The van der Waals surface area contributed by atoms with Crippen molar-refractivity contribution in [1.29, 1.82) is 0 Å². The van der Waals surface area contributed by atoms with Crippen LogP contribution < -0.4 is 5.32 Å². The van der Waals surface area contributed by atoms with Gasteiger partial charge in [0, 0.05) is 6.54 Å². The zero-order chi connectivity index (χ0) is 9.68. The number of rotatable bonds is 4. The van der Waals surface area contributed by atoms with Crippen molar-refractivity contribution in [1.82, 2.24) is 25.5 Å². The third-order valence-electron chi connectivity index (χ3n) is 1.49. The average molecular weight is 181 g/mol. The van der Waals surface area contributed by atoms with Gasteiger partial charge in [0.2, 0.25) is 0 Å². The first-order valence-electron chi connectivity index (χ1n) is 4.25. The summed E-state index contributed by atoms with van der Waals surface area (Å²) in [5.41, 5.74) is 1.31. The molecule has 0 aromatic carbocycles. The maximum atomic E-state index is 4.04. The van der Waals surface area contributed by atoms with Crippen molar-refractivity contribution in [3.8, 4) is 0 Å². The van der Waals surface area contributed by atoms with E-state index in [1.807, 2.05) is 0 Å². The molecule has 1 heterocycles. The minimum absolute atomic E-state index is 0.664. The Kier molecular flexibility index (Phi) is 3.57. The molecule has 0 unspecified atom stereocenters. The molecule has 13 heavy (non-hydrogen) atoms. The fourth-order valence-electron chi connectivity index (χ4n) is 0.854. The number of aromatic nitrogens is 4. The molecular weight excluding hydrogens is 166 g/mol. The second-order valence-electron chi connectivity index (χ2n) is 3.11. The smallest absolute Gasteiger partial charge is 0.188 e. The van der Waals surface area contributed by atoms with Gasteiger partial charge in [-0.2, -0.15) is 4.80 Å². The van der Waals surface area contributed by atoms with E-state index in [0.29, 0.717) is 6.54 Å². The lowest BCUT2D eigenvalue weighted by atomic mass is 10.3. The summed E-state index contributed by atoms with van der Waals surface area (Å²) in [5, 5.41) is 14.8. The molecule has 0 bridgehead atoms. The highest BCUT2D eigenvalue weighted by molar-refractivity contribution is 4.94. The second kappa shape index (κ2) is 4.71. The topological polar surface area (TPSA) is 55.6 Å². The Bertz CT molecular complexity index is 284. The van der Waals surface area contributed by atoms with E-state index in [1.165, 1.54) is 10.4 Å². The van der Waals surface area contributed by atoms with Crippen molar-refractivity contribution in [2.75, 3.05) is 6.54 Å². The normalized spacial score (nSPS) is 10.1. The molecular formula is C8H15N5. The third kappa shape index (κ3) is 3.80. The van der Waals surface area contributed by atoms with E-state index in [-0.39, 0.29) is 0 Å².